The maximum absolute atomic E-state index is 12.4. The topological polar surface area (TPSA) is 92.2 Å². The minimum Gasteiger partial charge on any atom is -0.481 e. The summed E-state index contributed by atoms with van der Waals surface area (Å²) in [5.41, 5.74) is 0. The average Bonchev–Trinajstić information content (AvgIpc) is 3.13. The molecular weight excluding hydrogens is 310 g/mol. The summed E-state index contributed by atoms with van der Waals surface area (Å²) in [6.45, 7) is 2.02. The molecular formula is C13H15N3O3S2. The Kier molecular flexibility index (Phi) is 3.99. The maximum atomic E-state index is 12.4. The van der Waals surface area contributed by atoms with E-state index in [1.165, 1.54) is 11.3 Å². The van der Waals surface area contributed by atoms with Crippen LogP contribution in [-0.2, 0) is 9.59 Å². The van der Waals surface area contributed by atoms with Crippen LogP contribution in [0, 0.1) is 23.7 Å². The molecule has 2 bridgehead atoms. The van der Waals surface area contributed by atoms with Crippen molar-refractivity contribution in [3.63, 3.8) is 0 Å². The highest BCUT2D eigenvalue weighted by Crippen LogP contribution is 2.48. The predicted molar refractivity (Wildman–Crippen MR) is 80.3 cm³/mol. The number of hydrogen-bond donors (Lipinski definition) is 2. The molecule has 8 heteroatoms. The summed E-state index contributed by atoms with van der Waals surface area (Å²) in [7, 11) is 0. The van der Waals surface area contributed by atoms with Crippen molar-refractivity contribution in [3.05, 3.63) is 12.2 Å². The van der Waals surface area contributed by atoms with Crippen LogP contribution in [0.2, 0.25) is 0 Å². The number of amides is 1. The highest BCUT2D eigenvalue weighted by atomic mass is 32.2. The first-order valence-electron chi connectivity index (χ1n) is 6.78. The van der Waals surface area contributed by atoms with E-state index in [4.69, 9.17) is 0 Å². The number of nitrogens with zero attached hydrogens (tertiary/aromatic N) is 2. The molecule has 0 unspecified atom stereocenters. The summed E-state index contributed by atoms with van der Waals surface area (Å²) in [4.78, 5) is 23.8. The molecule has 21 heavy (non-hydrogen) atoms. The number of carboxylic acids is 1. The van der Waals surface area contributed by atoms with Crippen LogP contribution >= 0.6 is 23.1 Å². The smallest absolute Gasteiger partial charge is 0.307 e. The van der Waals surface area contributed by atoms with E-state index in [1.807, 2.05) is 19.1 Å². The number of nitrogens with one attached hydrogen (secondary N) is 1. The first kappa shape index (κ1) is 14.5. The average molecular weight is 325 g/mol. The van der Waals surface area contributed by atoms with Crippen molar-refractivity contribution in [3.8, 4) is 0 Å². The molecule has 2 aliphatic rings. The summed E-state index contributed by atoms with van der Waals surface area (Å²) in [5.74, 6) is -1.41. The van der Waals surface area contributed by atoms with Gasteiger partial charge in [-0.2, -0.15) is 0 Å². The van der Waals surface area contributed by atoms with Crippen LogP contribution in [0.5, 0.6) is 0 Å². The van der Waals surface area contributed by atoms with Crippen molar-refractivity contribution in [1.29, 1.82) is 0 Å². The summed E-state index contributed by atoms with van der Waals surface area (Å²) in [5, 5.41) is 20.4. The third-order valence-electron chi connectivity index (χ3n) is 3.95. The van der Waals surface area contributed by atoms with Gasteiger partial charge in [0.25, 0.3) is 0 Å². The lowest BCUT2D eigenvalue weighted by Crippen LogP contribution is -2.36. The molecule has 3 rings (SSSR count). The number of aliphatic carboxylic acids is 1. The van der Waals surface area contributed by atoms with Crippen LogP contribution in [0.25, 0.3) is 0 Å². The first-order chi connectivity index (χ1) is 10.1. The normalized spacial score (nSPS) is 29.8. The molecule has 0 aromatic carbocycles. The van der Waals surface area contributed by atoms with E-state index in [1.54, 1.807) is 11.8 Å². The number of allylic oxidation sites excluding steroid dienone is 2. The second kappa shape index (κ2) is 5.76. The standard InChI is InChI=1S/C13H15N3O3S2/c1-2-20-13-16-15-12(21-13)14-10(17)8-6-3-4-7(5-6)9(8)11(18)19/h3-4,6-9H,2,5H2,1H3,(H,18,19)(H,14,15,17)/t6-,7-,8+,9-/m0/s1. The van der Waals surface area contributed by atoms with Gasteiger partial charge in [-0.1, -0.05) is 42.2 Å². The number of rotatable bonds is 5. The fraction of sp³-hybridized carbons (Fsp3) is 0.538. The number of hydrogen-bond acceptors (Lipinski definition) is 6. The molecule has 0 spiro atoms. The Morgan fingerprint density at radius 1 is 1.38 bits per heavy atom. The molecule has 1 amide bonds. The second-order valence-electron chi connectivity index (χ2n) is 5.13. The minimum atomic E-state index is -0.897. The monoisotopic (exact) mass is 325 g/mol. The van der Waals surface area contributed by atoms with Crippen LogP contribution in [0.3, 0.4) is 0 Å². The third-order valence-corrected chi connectivity index (χ3v) is 5.81. The molecule has 1 aromatic rings. The lowest BCUT2D eigenvalue weighted by molar-refractivity contribution is -0.146. The van der Waals surface area contributed by atoms with Crippen LogP contribution < -0.4 is 5.32 Å². The third kappa shape index (κ3) is 2.69. The van der Waals surface area contributed by atoms with Gasteiger partial charge in [-0.05, 0) is 24.0 Å². The molecule has 2 aliphatic carbocycles. The molecule has 0 aliphatic heterocycles. The number of carboxylic acid groups (broad SMARTS) is 1. The zero-order valence-corrected chi connectivity index (χ0v) is 13.0. The highest BCUT2D eigenvalue weighted by Gasteiger charge is 2.51. The lowest BCUT2D eigenvalue weighted by Gasteiger charge is -2.23. The van der Waals surface area contributed by atoms with Gasteiger partial charge in [0.05, 0.1) is 11.8 Å². The largest absolute Gasteiger partial charge is 0.481 e. The van der Waals surface area contributed by atoms with Crippen LogP contribution in [0.4, 0.5) is 5.13 Å². The Labute approximate surface area is 130 Å². The van der Waals surface area contributed by atoms with Gasteiger partial charge in [-0.25, -0.2) is 0 Å². The van der Waals surface area contributed by atoms with E-state index in [9.17, 15) is 14.7 Å². The van der Waals surface area contributed by atoms with Gasteiger partial charge >= 0.3 is 5.97 Å². The predicted octanol–water partition coefficient (Wildman–Crippen LogP) is 2.11. The Morgan fingerprint density at radius 3 is 2.76 bits per heavy atom. The summed E-state index contributed by atoms with van der Waals surface area (Å²) in [6, 6.07) is 0. The van der Waals surface area contributed by atoms with Crippen molar-refractivity contribution >= 4 is 40.1 Å². The summed E-state index contributed by atoms with van der Waals surface area (Å²) < 4.78 is 0.801. The minimum absolute atomic E-state index is 0.0218. The maximum Gasteiger partial charge on any atom is 0.307 e. The Morgan fingerprint density at radius 2 is 2.10 bits per heavy atom. The molecule has 1 aromatic heterocycles. The van der Waals surface area contributed by atoms with E-state index in [-0.39, 0.29) is 17.7 Å². The molecule has 0 saturated heterocycles. The lowest BCUT2D eigenvalue weighted by atomic mass is 9.82. The van der Waals surface area contributed by atoms with Crippen molar-refractivity contribution < 1.29 is 14.7 Å². The highest BCUT2D eigenvalue weighted by molar-refractivity contribution is 8.01. The first-order valence-corrected chi connectivity index (χ1v) is 8.58. The van der Waals surface area contributed by atoms with E-state index in [2.05, 4.69) is 15.5 Å². The fourth-order valence-corrected chi connectivity index (χ4v) is 4.80. The summed E-state index contributed by atoms with van der Waals surface area (Å²) in [6.07, 6.45) is 4.64. The fourth-order valence-electron chi connectivity index (χ4n) is 3.15. The van der Waals surface area contributed by atoms with Gasteiger partial charge in [0.15, 0.2) is 4.34 Å². The van der Waals surface area contributed by atoms with Crippen LogP contribution in [-0.4, -0.2) is 32.9 Å². The number of carbonyl (C=O) groups excluding carboxylic acids is 1. The van der Waals surface area contributed by atoms with Gasteiger partial charge in [-0.3, -0.25) is 9.59 Å². The molecule has 2 N–H and O–H groups in total. The van der Waals surface area contributed by atoms with E-state index in [0.29, 0.717) is 5.13 Å². The molecule has 112 valence electrons. The van der Waals surface area contributed by atoms with E-state index in [0.717, 1.165) is 16.5 Å². The van der Waals surface area contributed by atoms with Gasteiger partial charge in [0.1, 0.15) is 0 Å². The Balaban J connectivity index is 1.72. The molecule has 1 heterocycles. The molecule has 1 fully saturated rings. The second-order valence-corrected chi connectivity index (χ2v) is 7.62. The molecule has 6 nitrogen and oxygen atoms in total. The van der Waals surface area contributed by atoms with Gasteiger partial charge in [0, 0.05) is 0 Å². The Hall–Kier alpha value is -1.41. The van der Waals surface area contributed by atoms with E-state index >= 15 is 0 Å². The molecule has 1 saturated carbocycles. The van der Waals surface area contributed by atoms with Crippen molar-refractivity contribution in [2.24, 2.45) is 23.7 Å². The number of anilines is 1. The van der Waals surface area contributed by atoms with Gasteiger partial charge in [-0.15, -0.1) is 10.2 Å². The van der Waals surface area contributed by atoms with Gasteiger partial charge < -0.3 is 10.4 Å². The number of aromatic nitrogens is 2. The van der Waals surface area contributed by atoms with E-state index < -0.39 is 17.8 Å². The van der Waals surface area contributed by atoms with Crippen LogP contribution in [0.1, 0.15) is 13.3 Å². The zero-order chi connectivity index (χ0) is 15.0. The molecule has 4 atom stereocenters. The van der Waals surface area contributed by atoms with Crippen molar-refractivity contribution in [2.75, 3.05) is 11.1 Å². The van der Waals surface area contributed by atoms with Gasteiger partial charge in [0.2, 0.25) is 11.0 Å². The number of thioether (sulfide) groups is 1. The number of carbonyl (C=O) groups is 2. The summed E-state index contributed by atoms with van der Waals surface area (Å²) >= 11 is 2.88. The molecule has 0 radical (unpaired) electrons. The quantitative estimate of drug-likeness (QED) is 0.489. The number of fused-ring (bicyclic) bond motifs is 2. The zero-order valence-electron chi connectivity index (χ0n) is 11.4. The SMILES string of the molecule is CCSc1nnc(NC(=O)[C@H]2[C@@H](C(=O)O)[C@H]3C=C[C@H]2C3)s1. The Bertz CT molecular complexity index is 601. The van der Waals surface area contributed by atoms with Crippen molar-refractivity contribution in [1.82, 2.24) is 10.2 Å². The van der Waals surface area contributed by atoms with Crippen molar-refractivity contribution in [2.45, 2.75) is 17.7 Å². The van der Waals surface area contributed by atoms with Crippen LogP contribution in [0.15, 0.2) is 16.5 Å².